The lowest BCUT2D eigenvalue weighted by Crippen LogP contribution is -2.45. The molecule has 1 aromatic heterocycles. The molecule has 3 aromatic rings. The van der Waals surface area contributed by atoms with Gasteiger partial charge in [0.15, 0.2) is 5.82 Å². The Labute approximate surface area is 276 Å². The van der Waals surface area contributed by atoms with Crippen molar-refractivity contribution in [1.29, 1.82) is 5.26 Å². The summed E-state index contributed by atoms with van der Waals surface area (Å²) in [5.74, 6) is 1.45. The molecule has 1 amide bonds. The van der Waals surface area contributed by atoms with Crippen LogP contribution in [0.3, 0.4) is 0 Å². The Morgan fingerprint density at radius 3 is 2.66 bits per heavy atom. The zero-order valence-electron chi connectivity index (χ0n) is 27.4. The van der Waals surface area contributed by atoms with Crippen molar-refractivity contribution in [2.75, 3.05) is 74.6 Å². The average molecular weight is 638 g/mol. The van der Waals surface area contributed by atoms with Crippen molar-refractivity contribution in [3.63, 3.8) is 0 Å². The van der Waals surface area contributed by atoms with E-state index in [1.807, 2.05) is 36.4 Å². The minimum atomic E-state index is -0.286. The third-order valence-electron chi connectivity index (χ3n) is 9.45. The van der Waals surface area contributed by atoms with E-state index in [0.717, 1.165) is 56.7 Å². The first-order valence-corrected chi connectivity index (χ1v) is 16.2. The molecule has 0 bridgehead atoms. The Balaban J connectivity index is 1.22. The Bertz CT molecular complexity index is 1630. The van der Waals surface area contributed by atoms with E-state index in [2.05, 4.69) is 62.0 Å². The van der Waals surface area contributed by atoms with Gasteiger partial charge in [0.25, 0.3) is 0 Å². The molecule has 3 aliphatic heterocycles. The van der Waals surface area contributed by atoms with Gasteiger partial charge in [-0.1, -0.05) is 18.7 Å². The topological polar surface area (TPSA) is 122 Å². The highest BCUT2D eigenvalue weighted by Gasteiger charge is 2.33. The molecule has 3 aliphatic rings. The standard InChI is InChI=1S/C35H43N9O3/c1-5-35(45)40-28-18-29(32(46-4)19-31(28)42-13-9-26(10-14-42)43-15-11-27(22-43)41(2)3)39-33-20-34(38-23-37-33)44-30(12-16-47-44)25-8-6-7-24(17-25)21-36/h5-8,17-20,23,26-27,30H,1,9-16,22H2,2-4H3,(H,40,45)(H,37,38,39). The van der Waals surface area contributed by atoms with Gasteiger partial charge >= 0.3 is 0 Å². The second-order valence-corrected chi connectivity index (χ2v) is 12.5. The second kappa shape index (κ2) is 14.4. The van der Waals surface area contributed by atoms with E-state index in [-0.39, 0.29) is 11.9 Å². The maximum atomic E-state index is 12.6. The predicted molar refractivity (Wildman–Crippen MR) is 183 cm³/mol. The van der Waals surface area contributed by atoms with Crippen molar-refractivity contribution in [2.24, 2.45) is 0 Å². The molecule has 2 aromatic carbocycles. The van der Waals surface area contributed by atoms with Gasteiger partial charge in [-0.15, -0.1) is 0 Å². The molecule has 12 heteroatoms. The third kappa shape index (κ3) is 7.17. The number of hydrogen-bond acceptors (Lipinski definition) is 11. The van der Waals surface area contributed by atoms with Crippen LogP contribution in [-0.4, -0.2) is 91.7 Å². The van der Waals surface area contributed by atoms with Crippen LogP contribution < -0.4 is 25.3 Å². The zero-order chi connectivity index (χ0) is 32.9. The van der Waals surface area contributed by atoms with E-state index >= 15 is 0 Å². The van der Waals surface area contributed by atoms with Gasteiger partial charge in [0.05, 0.1) is 48.5 Å². The maximum absolute atomic E-state index is 12.6. The van der Waals surface area contributed by atoms with E-state index in [0.29, 0.717) is 53.0 Å². The SMILES string of the molecule is C=CC(=O)Nc1cc(Nc2cc(N3OCCC3c3cccc(C#N)c3)ncn2)c(OC)cc1N1CCC(N2CCC(N(C)C)C2)CC1. The van der Waals surface area contributed by atoms with Crippen LogP contribution in [0, 0.1) is 11.3 Å². The number of carbonyl (C=O) groups excluding carboxylic acids is 1. The second-order valence-electron chi connectivity index (χ2n) is 12.5. The fourth-order valence-corrected chi connectivity index (χ4v) is 6.86. The predicted octanol–water partition coefficient (Wildman–Crippen LogP) is 4.71. The molecule has 4 heterocycles. The lowest BCUT2D eigenvalue weighted by atomic mass is 10.0. The Morgan fingerprint density at radius 1 is 1.11 bits per heavy atom. The Hall–Kier alpha value is -4.70. The number of ether oxygens (including phenoxy) is 1. The molecule has 246 valence electrons. The lowest BCUT2D eigenvalue weighted by Gasteiger charge is -2.39. The van der Waals surface area contributed by atoms with Crippen molar-refractivity contribution >= 4 is 34.6 Å². The van der Waals surface area contributed by atoms with Crippen molar-refractivity contribution in [3.8, 4) is 11.8 Å². The molecule has 12 nitrogen and oxygen atoms in total. The number of aromatic nitrogens is 2. The molecule has 2 N–H and O–H groups in total. The van der Waals surface area contributed by atoms with Crippen molar-refractivity contribution in [2.45, 2.75) is 43.8 Å². The van der Waals surface area contributed by atoms with Gasteiger partial charge in [-0.2, -0.15) is 5.26 Å². The van der Waals surface area contributed by atoms with Gasteiger partial charge in [-0.05, 0) is 63.2 Å². The number of amides is 1. The summed E-state index contributed by atoms with van der Waals surface area (Å²) in [5.41, 5.74) is 3.80. The van der Waals surface area contributed by atoms with Crippen molar-refractivity contribution < 1.29 is 14.4 Å². The van der Waals surface area contributed by atoms with Crippen LogP contribution in [0.2, 0.25) is 0 Å². The number of nitrogens with one attached hydrogen (secondary N) is 2. The fraction of sp³-hybridized carbons (Fsp3) is 0.429. The molecular weight excluding hydrogens is 594 g/mol. The minimum absolute atomic E-state index is 0.0930. The van der Waals surface area contributed by atoms with Gasteiger partial charge in [0, 0.05) is 56.8 Å². The molecule has 0 radical (unpaired) electrons. The number of anilines is 5. The van der Waals surface area contributed by atoms with Crippen LogP contribution in [0.15, 0.2) is 61.4 Å². The summed E-state index contributed by atoms with van der Waals surface area (Å²) in [6, 6.07) is 16.5. The van der Waals surface area contributed by atoms with E-state index in [1.165, 1.54) is 18.8 Å². The molecule has 0 aliphatic carbocycles. The number of nitriles is 1. The van der Waals surface area contributed by atoms with Gasteiger partial charge < -0.3 is 25.2 Å². The third-order valence-corrected chi connectivity index (χ3v) is 9.45. The monoisotopic (exact) mass is 637 g/mol. The minimum Gasteiger partial charge on any atom is -0.494 e. The van der Waals surface area contributed by atoms with Crippen LogP contribution in [0.4, 0.5) is 28.7 Å². The zero-order valence-corrected chi connectivity index (χ0v) is 27.4. The summed E-state index contributed by atoms with van der Waals surface area (Å²) in [5, 5.41) is 17.5. The van der Waals surface area contributed by atoms with Crippen LogP contribution in [0.5, 0.6) is 5.75 Å². The molecule has 0 spiro atoms. The highest BCUT2D eigenvalue weighted by molar-refractivity contribution is 6.02. The van der Waals surface area contributed by atoms with E-state index in [1.54, 1.807) is 18.2 Å². The first-order valence-electron chi connectivity index (χ1n) is 16.2. The van der Waals surface area contributed by atoms with Gasteiger partial charge in [-0.3, -0.25) is 14.5 Å². The van der Waals surface area contributed by atoms with Crippen molar-refractivity contribution in [3.05, 3.63) is 72.6 Å². The molecule has 47 heavy (non-hydrogen) atoms. The highest BCUT2D eigenvalue weighted by Crippen LogP contribution is 2.41. The van der Waals surface area contributed by atoms with Gasteiger partial charge in [-0.25, -0.2) is 15.0 Å². The number of hydrogen-bond donors (Lipinski definition) is 2. The summed E-state index contributed by atoms with van der Waals surface area (Å²) in [6.07, 6.45) is 6.84. The van der Waals surface area contributed by atoms with Gasteiger partial charge in [0.2, 0.25) is 5.91 Å². The van der Waals surface area contributed by atoms with Crippen LogP contribution in [-0.2, 0) is 9.63 Å². The first kappa shape index (κ1) is 32.2. The molecule has 3 fully saturated rings. The fourth-order valence-electron chi connectivity index (χ4n) is 6.86. The van der Waals surface area contributed by atoms with E-state index in [9.17, 15) is 10.1 Å². The number of carbonyl (C=O) groups is 1. The highest BCUT2D eigenvalue weighted by atomic mass is 16.7. The molecule has 2 unspecified atom stereocenters. The van der Waals surface area contributed by atoms with Crippen molar-refractivity contribution in [1.82, 2.24) is 19.8 Å². The summed E-state index contributed by atoms with van der Waals surface area (Å²) < 4.78 is 5.86. The normalized spacial score (nSPS) is 20.3. The van der Waals surface area contributed by atoms with Crippen LogP contribution >= 0.6 is 0 Å². The number of likely N-dealkylation sites (N-methyl/N-ethyl adjacent to an activating group) is 1. The summed E-state index contributed by atoms with van der Waals surface area (Å²) in [6.45, 7) is 8.21. The quantitative estimate of drug-likeness (QED) is 0.301. The van der Waals surface area contributed by atoms with Crippen LogP contribution in [0.1, 0.15) is 42.9 Å². The largest absolute Gasteiger partial charge is 0.494 e. The number of likely N-dealkylation sites (tertiary alicyclic amines) is 1. The molecule has 3 saturated heterocycles. The lowest BCUT2D eigenvalue weighted by molar-refractivity contribution is -0.111. The van der Waals surface area contributed by atoms with E-state index < -0.39 is 0 Å². The summed E-state index contributed by atoms with van der Waals surface area (Å²) in [7, 11) is 5.97. The smallest absolute Gasteiger partial charge is 0.247 e. The number of nitrogens with zero attached hydrogens (tertiary/aromatic N) is 7. The average Bonchev–Trinajstić information content (AvgIpc) is 3.80. The first-order chi connectivity index (χ1) is 22.9. The maximum Gasteiger partial charge on any atom is 0.247 e. The Kier molecular flexibility index (Phi) is 9.87. The Morgan fingerprint density at radius 2 is 1.94 bits per heavy atom. The van der Waals surface area contributed by atoms with E-state index in [4.69, 9.17) is 9.57 Å². The number of hydroxylamine groups is 1. The molecule has 0 saturated carbocycles. The number of rotatable bonds is 10. The number of piperidine rings is 1. The number of benzene rings is 2. The summed E-state index contributed by atoms with van der Waals surface area (Å²) >= 11 is 0. The van der Waals surface area contributed by atoms with Gasteiger partial charge in [0.1, 0.15) is 17.9 Å². The summed E-state index contributed by atoms with van der Waals surface area (Å²) in [4.78, 5) is 34.8. The molecule has 2 atom stereocenters. The number of methoxy groups -OCH3 is 1. The van der Waals surface area contributed by atoms with Crippen LogP contribution in [0.25, 0.3) is 0 Å². The molecular formula is C35H43N9O3. The molecule has 6 rings (SSSR count).